The summed E-state index contributed by atoms with van der Waals surface area (Å²) in [6.45, 7) is 3.02. The van der Waals surface area contributed by atoms with Crippen molar-refractivity contribution in [2.75, 3.05) is 18.1 Å². The number of rotatable bonds is 5. The molecule has 2 nitrogen and oxygen atoms in total. The van der Waals surface area contributed by atoms with Crippen molar-refractivity contribution in [2.24, 2.45) is 5.73 Å². The fourth-order valence-electron chi connectivity index (χ4n) is 1.89. The average Bonchev–Trinajstić information content (AvgIpc) is 2.76. The molecule has 1 heterocycles. The normalized spacial score (nSPS) is 15.6. The molecule has 1 aromatic rings. The van der Waals surface area contributed by atoms with Gasteiger partial charge in [0, 0.05) is 18.2 Å². The Hall–Kier alpha value is -0.670. The third-order valence-electron chi connectivity index (χ3n) is 2.79. The summed E-state index contributed by atoms with van der Waals surface area (Å²) in [6.07, 6.45) is 2.24. The molecule has 0 fully saturated rings. The summed E-state index contributed by atoms with van der Waals surface area (Å²) in [5.41, 5.74) is 8.72. The zero-order valence-corrected chi connectivity index (χ0v) is 10.6. The number of thioether (sulfide) groups is 1. The van der Waals surface area contributed by atoms with Crippen LogP contribution in [0.1, 0.15) is 30.5 Å². The van der Waals surface area contributed by atoms with Gasteiger partial charge in [0.1, 0.15) is 5.75 Å². The van der Waals surface area contributed by atoms with Crippen molar-refractivity contribution in [3.63, 3.8) is 0 Å². The van der Waals surface area contributed by atoms with Crippen molar-refractivity contribution < 1.29 is 4.74 Å². The Balaban J connectivity index is 1.98. The van der Waals surface area contributed by atoms with E-state index in [1.165, 1.54) is 23.3 Å². The minimum absolute atomic E-state index is 0.155. The Morgan fingerprint density at radius 3 is 3.19 bits per heavy atom. The Labute approximate surface area is 102 Å². The lowest BCUT2D eigenvalue weighted by Gasteiger charge is -2.12. The Kier molecular flexibility index (Phi) is 4.13. The van der Waals surface area contributed by atoms with E-state index in [1.807, 2.05) is 11.8 Å². The van der Waals surface area contributed by atoms with Crippen LogP contribution in [0.5, 0.6) is 5.75 Å². The molecule has 0 aromatic heterocycles. The van der Waals surface area contributed by atoms with Gasteiger partial charge in [-0.3, -0.25) is 0 Å². The standard InChI is InChI=1S/C13H19NOS/c1-2-7-16-9-12(14)10-3-4-13-11(8-10)5-6-15-13/h3-4,8,12H,2,5-7,9,14H2,1H3. The number of hydrogen-bond acceptors (Lipinski definition) is 3. The van der Waals surface area contributed by atoms with Crippen LogP contribution in [0.15, 0.2) is 18.2 Å². The van der Waals surface area contributed by atoms with Gasteiger partial charge in [0.2, 0.25) is 0 Å². The van der Waals surface area contributed by atoms with Gasteiger partial charge < -0.3 is 10.5 Å². The van der Waals surface area contributed by atoms with E-state index in [1.54, 1.807) is 0 Å². The molecule has 0 spiro atoms. The fourth-order valence-corrected chi connectivity index (χ4v) is 2.79. The zero-order valence-electron chi connectivity index (χ0n) is 9.74. The second-order valence-corrected chi connectivity index (χ2v) is 5.30. The first-order valence-electron chi connectivity index (χ1n) is 5.90. The van der Waals surface area contributed by atoms with Crippen LogP contribution >= 0.6 is 11.8 Å². The Morgan fingerprint density at radius 1 is 1.50 bits per heavy atom. The lowest BCUT2D eigenvalue weighted by Crippen LogP contribution is -2.13. The summed E-state index contributed by atoms with van der Waals surface area (Å²) in [4.78, 5) is 0. The third-order valence-corrected chi connectivity index (χ3v) is 4.08. The van der Waals surface area contributed by atoms with Gasteiger partial charge in [-0.2, -0.15) is 11.8 Å². The van der Waals surface area contributed by atoms with Gasteiger partial charge in [-0.15, -0.1) is 0 Å². The van der Waals surface area contributed by atoms with Crippen molar-refractivity contribution in [1.82, 2.24) is 0 Å². The number of hydrogen-bond donors (Lipinski definition) is 1. The van der Waals surface area contributed by atoms with Crippen LogP contribution in [0.2, 0.25) is 0 Å². The summed E-state index contributed by atoms with van der Waals surface area (Å²) in [6, 6.07) is 6.52. The van der Waals surface area contributed by atoms with E-state index >= 15 is 0 Å². The molecule has 88 valence electrons. The fraction of sp³-hybridized carbons (Fsp3) is 0.538. The van der Waals surface area contributed by atoms with Gasteiger partial charge in [0.25, 0.3) is 0 Å². The van der Waals surface area contributed by atoms with E-state index in [-0.39, 0.29) is 6.04 Å². The highest BCUT2D eigenvalue weighted by Crippen LogP contribution is 2.28. The zero-order chi connectivity index (χ0) is 11.4. The summed E-state index contributed by atoms with van der Waals surface area (Å²) < 4.78 is 5.49. The van der Waals surface area contributed by atoms with Crippen molar-refractivity contribution in [3.8, 4) is 5.75 Å². The summed E-state index contributed by atoms with van der Waals surface area (Å²) in [5, 5.41) is 0. The molecular formula is C13H19NOS. The predicted molar refractivity (Wildman–Crippen MR) is 70.2 cm³/mol. The maximum atomic E-state index is 6.17. The molecule has 0 aliphatic carbocycles. The molecule has 0 bridgehead atoms. The number of ether oxygens (including phenoxy) is 1. The molecule has 0 saturated carbocycles. The minimum atomic E-state index is 0.155. The second-order valence-electron chi connectivity index (χ2n) is 4.15. The third kappa shape index (κ3) is 2.71. The highest BCUT2D eigenvalue weighted by molar-refractivity contribution is 7.99. The van der Waals surface area contributed by atoms with Gasteiger partial charge in [-0.05, 0) is 29.4 Å². The Bertz CT molecular complexity index is 354. The highest BCUT2D eigenvalue weighted by Gasteiger charge is 2.14. The van der Waals surface area contributed by atoms with E-state index < -0.39 is 0 Å². The van der Waals surface area contributed by atoms with Gasteiger partial charge >= 0.3 is 0 Å². The van der Waals surface area contributed by atoms with Crippen LogP contribution in [-0.4, -0.2) is 18.1 Å². The maximum Gasteiger partial charge on any atom is 0.122 e. The molecular weight excluding hydrogens is 218 g/mol. The van der Waals surface area contributed by atoms with Crippen LogP contribution in [-0.2, 0) is 6.42 Å². The van der Waals surface area contributed by atoms with Crippen molar-refractivity contribution in [2.45, 2.75) is 25.8 Å². The molecule has 1 unspecified atom stereocenters. The molecule has 0 saturated heterocycles. The smallest absolute Gasteiger partial charge is 0.122 e. The van der Waals surface area contributed by atoms with Crippen molar-refractivity contribution >= 4 is 11.8 Å². The highest BCUT2D eigenvalue weighted by atomic mass is 32.2. The minimum Gasteiger partial charge on any atom is -0.493 e. The second kappa shape index (κ2) is 5.60. The lowest BCUT2D eigenvalue weighted by molar-refractivity contribution is 0.357. The number of nitrogens with two attached hydrogens (primary N) is 1. The molecule has 1 aliphatic heterocycles. The van der Waals surface area contributed by atoms with Gasteiger partial charge in [0.05, 0.1) is 6.61 Å². The molecule has 2 N–H and O–H groups in total. The largest absolute Gasteiger partial charge is 0.493 e. The first-order chi connectivity index (χ1) is 7.81. The molecule has 16 heavy (non-hydrogen) atoms. The maximum absolute atomic E-state index is 6.17. The van der Waals surface area contributed by atoms with Crippen LogP contribution in [0.3, 0.4) is 0 Å². The molecule has 0 amide bonds. The van der Waals surface area contributed by atoms with Gasteiger partial charge in [-0.25, -0.2) is 0 Å². The summed E-state index contributed by atoms with van der Waals surface area (Å²) >= 11 is 1.93. The molecule has 1 aliphatic rings. The summed E-state index contributed by atoms with van der Waals surface area (Å²) in [7, 11) is 0. The Morgan fingerprint density at radius 2 is 2.38 bits per heavy atom. The topological polar surface area (TPSA) is 35.2 Å². The average molecular weight is 237 g/mol. The monoisotopic (exact) mass is 237 g/mol. The number of benzene rings is 1. The van der Waals surface area contributed by atoms with E-state index in [2.05, 4.69) is 25.1 Å². The quantitative estimate of drug-likeness (QED) is 0.800. The van der Waals surface area contributed by atoms with E-state index in [4.69, 9.17) is 10.5 Å². The van der Waals surface area contributed by atoms with Gasteiger partial charge in [-0.1, -0.05) is 19.1 Å². The van der Waals surface area contributed by atoms with Crippen molar-refractivity contribution in [1.29, 1.82) is 0 Å². The van der Waals surface area contributed by atoms with Crippen LogP contribution in [0, 0.1) is 0 Å². The van der Waals surface area contributed by atoms with E-state index in [9.17, 15) is 0 Å². The molecule has 1 atom stereocenters. The first kappa shape index (κ1) is 11.8. The van der Waals surface area contributed by atoms with E-state index in [0.29, 0.717) is 0 Å². The molecule has 2 rings (SSSR count). The molecule has 3 heteroatoms. The lowest BCUT2D eigenvalue weighted by atomic mass is 10.0. The summed E-state index contributed by atoms with van der Waals surface area (Å²) in [5.74, 6) is 3.24. The number of fused-ring (bicyclic) bond motifs is 1. The first-order valence-corrected chi connectivity index (χ1v) is 7.05. The van der Waals surface area contributed by atoms with Crippen LogP contribution < -0.4 is 10.5 Å². The van der Waals surface area contributed by atoms with Crippen LogP contribution in [0.25, 0.3) is 0 Å². The van der Waals surface area contributed by atoms with Gasteiger partial charge in [0.15, 0.2) is 0 Å². The van der Waals surface area contributed by atoms with E-state index in [0.717, 1.165) is 24.5 Å². The molecule has 1 aromatic carbocycles. The predicted octanol–water partition coefficient (Wildman–Crippen LogP) is 2.76. The van der Waals surface area contributed by atoms with Crippen LogP contribution in [0.4, 0.5) is 0 Å². The van der Waals surface area contributed by atoms with Crippen molar-refractivity contribution in [3.05, 3.63) is 29.3 Å². The SMILES string of the molecule is CCCSCC(N)c1ccc2c(c1)CCO2. The molecule has 0 radical (unpaired) electrons.